The number of hydrogen-bond acceptors (Lipinski definition) is 3. The molecule has 0 unspecified atom stereocenters. The average molecular weight is 338 g/mol. The van der Waals surface area contributed by atoms with Crippen molar-refractivity contribution in [1.29, 1.82) is 0 Å². The van der Waals surface area contributed by atoms with Gasteiger partial charge < -0.3 is 5.32 Å². The maximum absolute atomic E-state index is 12.0. The van der Waals surface area contributed by atoms with Crippen LogP contribution in [0.25, 0.3) is 0 Å². The highest BCUT2D eigenvalue weighted by atomic mass is 79.9. The SMILES string of the molecule is C#CCn1ncc(NCC2C(C)(C)C2(C)C)c(Br)c1=O. The summed E-state index contributed by atoms with van der Waals surface area (Å²) in [6.45, 7) is 10.1. The highest BCUT2D eigenvalue weighted by Crippen LogP contribution is 2.68. The lowest BCUT2D eigenvalue weighted by atomic mass is 10.0. The molecule has 0 radical (unpaired) electrons. The minimum absolute atomic E-state index is 0.181. The largest absolute Gasteiger partial charge is 0.382 e. The second-order valence-corrected chi connectivity index (χ2v) is 7.21. The Labute approximate surface area is 128 Å². The number of rotatable bonds is 4. The number of nitrogens with zero attached hydrogens (tertiary/aromatic N) is 2. The molecule has 20 heavy (non-hydrogen) atoms. The van der Waals surface area contributed by atoms with E-state index in [2.05, 4.69) is 60.0 Å². The van der Waals surface area contributed by atoms with E-state index in [-0.39, 0.29) is 12.1 Å². The van der Waals surface area contributed by atoms with Crippen LogP contribution in [0.3, 0.4) is 0 Å². The van der Waals surface area contributed by atoms with Crippen LogP contribution >= 0.6 is 15.9 Å². The number of aromatic nitrogens is 2. The van der Waals surface area contributed by atoms with Crippen molar-refractivity contribution in [1.82, 2.24) is 9.78 Å². The first-order valence-electron chi connectivity index (χ1n) is 6.66. The molecule has 1 heterocycles. The van der Waals surface area contributed by atoms with Crippen molar-refractivity contribution < 1.29 is 0 Å². The quantitative estimate of drug-likeness (QED) is 0.859. The second-order valence-electron chi connectivity index (χ2n) is 6.42. The molecular weight excluding hydrogens is 318 g/mol. The summed E-state index contributed by atoms with van der Waals surface area (Å²) in [5.41, 5.74) is 1.15. The molecule has 0 aromatic carbocycles. The maximum atomic E-state index is 12.0. The summed E-state index contributed by atoms with van der Waals surface area (Å²) in [4.78, 5) is 12.0. The molecule has 0 aliphatic heterocycles. The zero-order chi connectivity index (χ0) is 15.1. The van der Waals surface area contributed by atoms with Gasteiger partial charge in [-0.1, -0.05) is 33.6 Å². The average Bonchev–Trinajstić information content (AvgIpc) is 2.76. The Morgan fingerprint density at radius 1 is 1.45 bits per heavy atom. The molecule has 0 saturated heterocycles. The van der Waals surface area contributed by atoms with Crippen molar-refractivity contribution in [3.63, 3.8) is 0 Å². The smallest absolute Gasteiger partial charge is 0.284 e. The summed E-state index contributed by atoms with van der Waals surface area (Å²) < 4.78 is 1.75. The standard InChI is InChI=1S/C15H20BrN3O/c1-6-7-19-13(20)12(16)10(8-18-19)17-9-11-14(2,3)15(11,4)5/h1,8,11,17H,7,9H2,2-5H3. The summed E-state index contributed by atoms with van der Waals surface area (Å²) in [5.74, 6) is 2.99. The van der Waals surface area contributed by atoms with Crippen molar-refractivity contribution in [2.75, 3.05) is 11.9 Å². The fourth-order valence-electron chi connectivity index (χ4n) is 2.84. The predicted octanol–water partition coefficient (Wildman–Crippen LogP) is 2.73. The van der Waals surface area contributed by atoms with Crippen molar-refractivity contribution >= 4 is 21.6 Å². The molecule has 4 nitrogen and oxygen atoms in total. The third-order valence-corrected chi connectivity index (χ3v) is 5.81. The number of halogens is 1. The number of nitrogens with one attached hydrogen (secondary N) is 1. The maximum Gasteiger partial charge on any atom is 0.284 e. The summed E-state index contributed by atoms with van der Waals surface area (Å²) >= 11 is 3.32. The molecule has 1 aliphatic carbocycles. The summed E-state index contributed by atoms with van der Waals surface area (Å²) in [5, 5.41) is 7.39. The van der Waals surface area contributed by atoms with E-state index in [0.717, 1.165) is 12.2 Å². The molecule has 0 amide bonds. The van der Waals surface area contributed by atoms with Crippen molar-refractivity contribution in [3.8, 4) is 12.3 Å². The van der Waals surface area contributed by atoms with Crippen LogP contribution in [-0.4, -0.2) is 16.3 Å². The van der Waals surface area contributed by atoms with Gasteiger partial charge in [0, 0.05) is 6.54 Å². The van der Waals surface area contributed by atoms with Gasteiger partial charge in [0.05, 0.1) is 11.9 Å². The van der Waals surface area contributed by atoms with Gasteiger partial charge in [0.1, 0.15) is 11.0 Å². The molecule has 1 saturated carbocycles. The van der Waals surface area contributed by atoms with E-state index >= 15 is 0 Å². The third kappa shape index (κ3) is 2.26. The highest BCUT2D eigenvalue weighted by Gasteiger charge is 2.64. The van der Waals surface area contributed by atoms with Crippen LogP contribution in [-0.2, 0) is 6.54 Å². The second kappa shape index (κ2) is 4.92. The van der Waals surface area contributed by atoms with Crippen LogP contribution in [0.15, 0.2) is 15.5 Å². The Balaban J connectivity index is 2.11. The van der Waals surface area contributed by atoms with E-state index in [1.165, 1.54) is 4.68 Å². The first-order valence-corrected chi connectivity index (χ1v) is 7.45. The van der Waals surface area contributed by atoms with Gasteiger partial charge in [-0.3, -0.25) is 4.79 Å². The van der Waals surface area contributed by atoms with Gasteiger partial charge in [0.25, 0.3) is 5.56 Å². The minimum atomic E-state index is -0.206. The number of terminal acetylenes is 1. The van der Waals surface area contributed by atoms with E-state index in [1.807, 2.05) is 0 Å². The molecular formula is C15H20BrN3O. The van der Waals surface area contributed by atoms with Crippen LogP contribution in [0.5, 0.6) is 0 Å². The van der Waals surface area contributed by atoms with Crippen molar-refractivity contribution in [2.24, 2.45) is 16.7 Å². The molecule has 1 aromatic heterocycles. The lowest BCUT2D eigenvalue weighted by molar-refractivity contribution is 0.457. The lowest BCUT2D eigenvalue weighted by Crippen LogP contribution is -2.24. The molecule has 1 fully saturated rings. The highest BCUT2D eigenvalue weighted by molar-refractivity contribution is 9.10. The number of hydrogen-bond donors (Lipinski definition) is 1. The molecule has 108 valence electrons. The van der Waals surface area contributed by atoms with Crippen LogP contribution in [0.2, 0.25) is 0 Å². The van der Waals surface area contributed by atoms with E-state index in [1.54, 1.807) is 6.20 Å². The summed E-state index contributed by atoms with van der Waals surface area (Å²) in [6, 6.07) is 0. The third-order valence-electron chi connectivity index (χ3n) is 5.04. The van der Waals surface area contributed by atoms with E-state index in [0.29, 0.717) is 21.2 Å². The van der Waals surface area contributed by atoms with Crippen LogP contribution in [0.1, 0.15) is 27.7 Å². The Morgan fingerprint density at radius 3 is 2.55 bits per heavy atom. The van der Waals surface area contributed by atoms with Crippen LogP contribution in [0.4, 0.5) is 5.69 Å². The van der Waals surface area contributed by atoms with Crippen molar-refractivity contribution in [3.05, 3.63) is 21.0 Å². The van der Waals surface area contributed by atoms with Gasteiger partial charge in [0.15, 0.2) is 0 Å². The summed E-state index contributed by atoms with van der Waals surface area (Å²) in [7, 11) is 0. The minimum Gasteiger partial charge on any atom is -0.382 e. The first kappa shape index (κ1) is 15.1. The monoisotopic (exact) mass is 337 g/mol. The van der Waals surface area contributed by atoms with Gasteiger partial charge in [-0.05, 0) is 32.7 Å². The lowest BCUT2D eigenvalue weighted by Gasteiger charge is -2.10. The van der Waals surface area contributed by atoms with Gasteiger partial charge in [0.2, 0.25) is 0 Å². The van der Waals surface area contributed by atoms with E-state index in [9.17, 15) is 4.79 Å². The van der Waals surface area contributed by atoms with Crippen LogP contribution < -0.4 is 10.9 Å². The van der Waals surface area contributed by atoms with Gasteiger partial charge in [-0.15, -0.1) is 6.42 Å². The van der Waals surface area contributed by atoms with Gasteiger partial charge in [-0.2, -0.15) is 5.10 Å². The predicted molar refractivity (Wildman–Crippen MR) is 84.6 cm³/mol. The van der Waals surface area contributed by atoms with Gasteiger partial charge >= 0.3 is 0 Å². The van der Waals surface area contributed by atoms with E-state index < -0.39 is 0 Å². The molecule has 2 rings (SSSR count). The number of anilines is 1. The Hall–Kier alpha value is -1.28. The molecule has 1 aliphatic rings. The molecule has 0 atom stereocenters. The zero-order valence-corrected chi connectivity index (χ0v) is 13.9. The molecule has 5 heteroatoms. The molecule has 1 aromatic rings. The first-order chi connectivity index (χ1) is 9.23. The molecule has 0 bridgehead atoms. The van der Waals surface area contributed by atoms with Crippen LogP contribution in [0, 0.1) is 29.1 Å². The fraction of sp³-hybridized carbons (Fsp3) is 0.600. The molecule has 1 N–H and O–H groups in total. The topological polar surface area (TPSA) is 46.9 Å². The fourth-order valence-corrected chi connectivity index (χ4v) is 3.29. The Kier molecular flexibility index (Phi) is 3.72. The summed E-state index contributed by atoms with van der Waals surface area (Å²) in [6.07, 6.45) is 6.85. The molecule has 0 spiro atoms. The Morgan fingerprint density at radius 2 is 2.05 bits per heavy atom. The van der Waals surface area contributed by atoms with E-state index in [4.69, 9.17) is 6.42 Å². The Bertz CT molecular complexity index is 611. The van der Waals surface area contributed by atoms with Crippen molar-refractivity contribution in [2.45, 2.75) is 34.2 Å². The normalized spacial score (nSPS) is 19.4. The van der Waals surface area contributed by atoms with Gasteiger partial charge in [-0.25, -0.2) is 4.68 Å². The zero-order valence-electron chi connectivity index (χ0n) is 12.3.